The van der Waals surface area contributed by atoms with Crippen molar-refractivity contribution in [3.05, 3.63) is 62.5 Å². The molecule has 2 N–H and O–H groups in total. The largest absolute Gasteiger partial charge is 0.389 e. The van der Waals surface area contributed by atoms with Crippen LogP contribution in [0.15, 0.2) is 35.1 Å². The third kappa shape index (κ3) is 4.98. The van der Waals surface area contributed by atoms with Gasteiger partial charge in [-0.1, -0.05) is 30.3 Å². The van der Waals surface area contributed by atoms with E-state index in [9.17, 15) is 9.90 Å². The molecule has 0 spiro atoms. The highest BCUT2D eigenvalue weighted by molar-refractivity contribution is 7.18. The zero-order chi connectivity index (χ0) is 20.9. The Morgan fingerprint density at radius 3 is 2.83 bits per heavy atom. The molecule has 0 radical (unpaired) electrons. The summed E-state index contributed by atoms with van der Waals surface area (Å²) in [6.45, 7) is 4.35. The summed E-state index contributed by atoms with van der Waals surface area (Å²) in [5, 5.41) is 11.2. The lowest BCUT2D eigenvalue weighted by atomic mass is 9.97. The van der Waals surface area contributed by atoms with Crippen molar-refractivity contribution in [3.8, 4) is 0 Å². The first-order valence-corrected chi connectivity index (χ1v) is 11.5. The third-order valence-electron chi connectivity index (χ3n) is 5.48. The number of rotatable bonds is 9. The summed E-state index contributed by atoms with van der Waals surface area (Å²) in [5.74, 6) is 0.644. The van der Waals surface area contributed by atoms with Crippen LogP contribution in [0, 0.1) is 0 Å². The molecule has 2 heterocycles. The van der Waals surface area contributed by atoms with Crippen LogP contribution < -0.4 is 5.56 Å². The smallest absolute Gasteiger partial charge is 0.259 e. The van der Waals surface area contributed by atoms with Gasteiger partial charge >= 0.3 is 0 Å². The fraction of sp³-hybridized carbons (Fsp3) is 0.478. The first kappa shape index (κ1) is 21.2. The molecule has 1 atom stereocenters. The average Bonchev–Trinajstić information content (AvgIpc) is 3.11. The van der Waals surface area contributed by atoms with Gasteiger partial charge in [-0.25, -0.2) is 4.98 Å². The van der Waals surface area contributed by atoms with Gasteiger partial charge in [-0.05, 0) is 43.7 Å². The predicted molar refractivity (Wildman–Crippen MR) is 120 cm³/mol. The molecule has 4 rings (SSSR count). The molecule has 0 saturated heterocycles. The van der Waals surface area contributed by atoms with Crippen molar-refractivity contribution in [2.45, 2.75) is 51.8 Å². The lowest BCUT2D eigenvalue weighted by Crippen LogP contribution is -2.35. The minimum absolute atomic E-state index is 0.0380. The zero-order valence-corrected chi connectivity index (χ0v) is 18.2. The molecule has 160 valence electrons. The molecule has 0 amide bonds. The van der Waals surface area contributed by atoms with Gasteiger partial charge in [0.1, 0.15) is 10.7 Å². The number of aliphatic hydroxyl groups is 1. The lowest BCUT2D eigenvalue weighted by Gasteiger charge is -2.24. The molecule has 3 aromatic rings. The number of ether oxygens (including phenoxy) is 1. The molecular formula is C23H29N3O3S. The number of nitrogens with zero attached hydrogens (tertiary/aromatic N) is 2. The molecule has 2 aromatic heterocycles. The minimum atomic E-state index is -0.599. The van der Waals surface area contributed by atoms with Gasteiger partial charge in [0.15, 0.2) is 0 Å². The van der Waals surface area contributed by atoms with E-state index in [0.717, 1.165) is 35.0 Å². The van der Waals surface area contributed by atoms with E-state index in [1.54, 1.807) is 11.3 Å². The first-order chi connectivity index (χ1) is 14.6. The number of hydrogen-bond acceptors (Lipinski definition) is 6. The summed E-state index contributed by atoms with van der Waals surface area (Å²) in [6.07, 6.45) is 3.76. The summed E-state index contributed by atoms with van der Waals surface area (Å²) in [4.78, 5) is 24.9. The van der Waals surface area contributed by atoms with E-state index in [1.165, 1.54) is 16.9 Å². The van der Waals surface area contributed by atoms with Crippen LogP contribution in [0.4, 0.5) is 0 Å². The van der Waals surface area contributed by atoms with Crippen molar-refractivity contribution in [1.29, 1.82) is 0 Å². The van der Waals surface area contributed by atoms with Crippen LogP contribution in [0.3, 0.4) is 0 Å². The highest BCUT2D eigenvalue weighted by Crippen LogP contribution is 2.33. The molecule has 1 aliphatic carbocycles. The second kappa shape index (κ2) is 9.83. The van der Waals surface area contributed by atoms with Crippen LogP contribution in [-0.2, 0) is 30.7 Å². The summed E-state index contributed by atoms with van der Waals surface area (Å²) >= 11 is 1.67. The fourth-order valence-electron chi connectivity index (χ4n) is 4.13. The summed E-state index contributed by atoms with van der Waals surface area (Å²) in [7, 11) is 0. The molecule has 7 heteroatoms. The van der Waals surface area contributed by atoms with Crippen LogP contribution in [0.2, 0.25) is 0 Å². The lowest BCUT2D eigenvalue weighted by molar-refractivity contribution is 0.0175. The van der Waals surface area contributed by atoms with Crippen LogP contribution in [0.1, 0.15) is 41.6 Å². The molecule has 0 unspecified atom stereocenters. The summed E-state index contributed by atoms with van der Waals surface area (Å²) in [6, 6.07) is 10.1. The molecule has 30 heavy (non-hydrogen) atoms. The van der Waals surface area contributed by atoms with Gasteiger partial charge in [-0.3, -0.25) is 9.69 Å². The Kier molecular flexibility index (Phi) is 6.94. The maximum Gasteiger partial charge on any atom is 0.259 e. The third-order valence-corrected chi connectivity index (χ3v) is 6.67. The standard InChI is InChI=1S/C23H29N3O3S/c1-2-29-15-17(27)13-26(12-16-8-4-3-5-9-16)14-20-24-22(28)21-18-10-6-7-11-19(18)30-23(21)25-20/h3-5,8-9,17,27H,2,6-7,10-15H2,1H3,(H,24,25,28)/t17-/m1/s1. The van der Waals surface area contributed by atoms with E-state index in [1.807, 2.05) is 25.1 Å². The van der Waals surface area contributed by atoms with Gasteiger partial charge in [-0.15, -0.1) is 11.3 Å². The number of aryl methyl sites for hydroxylation is 2. The molecule has 0 saturated carbocycles. The summed E-state index contributed by atoms with van der Waals surface area (Å²) < 4.78 is 5.37. The van der Waals surface area contributed by atoms with Crippen molar-refractivity contribution in [2.75, 3.05) is 19.8 Å². The Morgan fingerprint density at radius 1 is 1.23 bits per heavy atom. The van der Waals surface area contributed by atoms with Crippen molar-refractivity contribution in [2.24, 2.45) is 0 Å². The minimum Gasteiger partial charge on any atom is -0.389 e. The molecular weight excluding hydrogens is 398 g/mol. The second-order valence-electron chi connectivity index (χ2n) is 7.87. The Morgan fingerprint density at radius 2 is 2.03 bits per heavy atom. The van der Waals surface area contributed by atoms with Crippen molar-refractivity contribution in [1.82, 2.24) is 14.9 Å². The molecule has 1 aromatic carbocycles. The molecule has 1 aliphatic rings. The SMILES string of the molecule is CCOC[C@H](O)CN(Cc1ccccc1)Cc1nc2sc3c(c2c(=O)[nH]1)CCCC3. The molecule has 6 nitrogen and oxygen atoms in total. The quantitative estimate of drug-likeness (QED) is 0.548. The fourth-order valence-corrected chi connectivity index (χ4v) is 5.41. The topological polar surface area (TPSA) is 78.5 Å². The number of nitrogens with one attached hydrogen (secondary N) is 1. The Labute approximate surface area is 180 Å². The number of thiophene rings is 1. The van der Waals surface area contributed by atoms with Crippen LogP contribution in [0.5, 0.6) is 0 Å². The number of aromatic nitrogens is 2. The van der Waals surface area contributed by atoms with Crippen LogP contribution >= 0.6 is 11.3 Å². The van der Waals surface area contributed by atoms with E-state index in [0.29, 0.717) is 38.7 Å². The maximum absolute atomic E-state index is 12.9. The van der Waals surface area contributed by atoms with Gasteiger partial charge in [0.25, 0.3) is 5.56 Å². The monoisotopic (exact) mass is 427 g/mol. The first-order valence-electron chi connectivity index (χ1n) is 10.7. The van der Waals surface area contributed by atoms with Crippen LogP contribution in [0.25, 0.3) is 10.2 Å². The van der Waals surface area contributed by atoms with E-state index >= 15 is 0 Å². The number of aliphatic hydroxyl groups excluding tert-OH is 1. The maximum atomic E-state index is 12.9. The average molecular weight is 428 g/mol. The Balaban J connectivity index is 1.58. The molecule has 0 fully saturated rings. The van der Waals surface area contributed by atoms with Gasteiger partial charge in [0, 0.05) is 24.6 Å². The van der Waals surface area contributed by atoms with E-state index < -0.39 is 6.10 Å². The van der Waals surface area contributed by atoms with E-state index in [-0.39, 0.29) is 5.56 Å². The van der Waals surface area contributed by atoms with Crippen molar-refractivity contribution in [3.63, 3.8) is 0 Å². The van der Waals surface area contributed by atoms with E-state index in [4.69, 9.17) is 9.72 Å². The number of hydrogen-bond donors (Lipinski definition) is 2. The second-order valence-corrected chi connectivity index (χ2v) is 8.96. The van der Waals surface area contributed by atoms with Gasteiger partial charge in [0.2, 0.25) is 0 Å². The number of fused-ring (bicyclic) bond motifs is 3. The highest BCUT2D eigenvalue weighted by Gasteiger charge is 2.21. The van der Waals surface area contributed by atoms with Crippen LogP contribution in [-0.4, -0.2) is 45.8 Å². The van der Waals surface area contributed by atoms with Gasteiger partial charge in [-0.2, -0.15) is 0 Å². The Bertz CT molecular complexity index is 1030. The van der Waals surface area contributed by atoms with Crippen molar-refractivity contribution < 1.29 is 9.84 Å². The zero-order valence-electron chi connectivity index (χ0n) is 17.4. The highest BCUT2D eigenvalue weighted by atomic mass is 32.1. The number of H-pyrrole nitrogens is 1. The number of benzene rings is 1. The van der Waals surface area contributed by atoms with Gasteiger partial charge < -0.3 is 14.8 Å². The molecule has 0 aliphatic heterocycles. The normalized spacial score (nSPS) is 14.9. The van der Waals surface area contributed by atoms with E-state index in [2.05, 4.69) is 22.0 Å². The summed E-state index contributed by atoms with van der Waals surface area (Å²) in [5.41, 5.74) is 2.31. The Hall–Kier alpha value is -2.06. The molecule has 0 bridgehead atoms. The van der Waals surface area contributed by atoms with Gasteiger partial charge in [0.05, 0.1) is 24.6 Å². The predicted octanol–water partition coefficient (Wildman–Crippen LogP) is 3.26. The van der Waals surface area contributed by atoms with Crippen molar-refractivity contribution >= 4 is 21.6 Å². The number of aromatic amines is 1.